The van der Waals surface area contributed by atoms with Crippen LogP contribution in [-0.4, -0.2) is 31.9 Å². The second-order valence-electron chi connectivity index (χ2n) is 6.72. The average molecular weight is 325 g/mol. The highest BCUT2D eigenvalue weighted by Crippen LogP contribution is 2.26. The minimum atomic E-state index is 0.184. The van der Waals surface area contributed by atoms with Gasteiger partial charge < -0.3 is 9.88 Å². The van der Waals surface area contributed by atoms with Crippen molar-refractivity contribution in [3.63, 3.8) is 0 Å². The van der Waals surface area contributed by atoms with Gasteiger partial charge in [-0.15, -0.1) is 0 Å². The van der Waals surface area contributed by atoms with E-state index in [9.17, 15) is 4.79 Å². The Hall–Kier alpha value is -2.21. The topological polar surface area (TPSA) is 63.1 Å². The number of aromatic nitrogens is 3. The normalized spacial score (nSPS) is 18.0. The van der Waals surface area contributed by atoms with Crippen molar-refractivity contribution < 1.29 is 4.79 Å². The zero-order chi connectivity index (χ0) is 16.4. The highest BCUT2D eigenvalue weighted by Gasteiger charge is 2.25. The predicted octanol–water partition coefficient (Wildman–Crippen LogP) is 1.71. The van der Waals surface area contributed by atoms with Crippen LogP contribution in [0.15, 0.2) is 30.6 Å². The Morgan fingerprint density at radius 1 is 1.25 bits per heavy atom. The summed E-state index contributed by atoms with van der Waals surface area (Å²) >= 11 is 0. The van der Waals surface area contributed by atoms with Crippen LogP contribution < -0.4 is 5.32 Å². The molecule has 1 amide bonds. The van der Waals surface area contributed by atoms with Gasteiger partial charge in [0.15, 0.2) is 0 Å². The third-order valence-corrected chi connectivity index (χ3v) is 4.96. The first kappa shape index (κ1) is 15.3. The summed E-state index contributed by atoms with van der Waals surface area (Å²) in [4.78, 5) is 23.4. The van der Waals surface area contributed by atoms with Gasteiger partial charge in [-0.25, -0.2) is 4.98 Å². The van der Waals surface area contributed by atoms with Crippen LogP contribution in [0.25, 0.3) is 0 Å². The molecule has 1 aliphatic heterocycles. The van der Waals surface area contributed by atoms with E-state index in [1.54, 1.807) is 0 Å². The lowest BCUT2D eigenvalue weighted by Crippen LogP contribution is -2.34. The molecule has 6 heteroatoms. The van der Waals surface area contributed by atoms with Crippen LogP contribution in [0.5, 0.6) is 0 Å². The van der Waals surface area contributed by atoms with Gasteiger partial charge in [0.25, 0.3) is 0 Å². The third kappa shape index (κ3) is 3.33. The number of nitrogens with one attached hydrogen (secondary N) is 1. The van der Waals surface area contributed by atoms with Gasteiger partial charge in [0.1, 0.15) is 5.82 Å². The van der Waals surface area contributed by atoms with Crippen LogP contribution in [0.4, 0.5) is 0 Å². The van der Waals surface area contributed by atoms with Crippen molar-refractivity contribution in [2.75, 3.05) is 6.54 Å². The fourth-order valence-corrected chi connectivity index (χ4v) is 3.29. The lowest BCUT2D eigenvalue weighted by atomic mass is 9.85. The van der Waals surface area contributed by atoms with Crippen molar-refractivity contribution in [1.29, 1.82) is 0 Å². The van der Waals surface area contributed by atoms with Gasteiger partial charge in [0.05, 0.1) is 24.5 Å². The Morgan fingerprint density at radius 2 is 2.17 bits per heavy atom. The second-order valence-corrected chi connectivity index (χ2v) is 6.72. The first-order chi connectivity index (χ1) is 11.8. The summed E-state index contributed by atoms with van der Waals surface area (Å²) in [5, 5.41) is 3.02. The average Bonchev–Trinajstić information content (AvgIpc) is 2.94. The van der Waals surface area contributed by atoms with Gasteiger partial charge in [-0.3, -0.25) is 14.7 Å². The molecule has 1 saturated carbocycles. The molecule has 0 saturated heterocycles. The van der Waals surface area contributed by atoms with E-state index < -0.39 is 0 Å². The van der Waals surface area contributed by atoms with Gasteiger partial charge in [0, 0.05) is 37.9 Å². The summed E-state index contributed by atoms with van der Waals surface area (Å²) in [7, 11) is 0. The molecule has 4 rings (SSSR count). The van der Waals surface area contributed by atoms with Crippen molar-refractivity contribution in [3.05, 3.63) is 47.8 Å². The number of fused-ring (bicyclic) bond motifs is 1. The molecule has 0 aromatic carbocycles. The van der Waals surface area contributed by atoms with E-state index in [1.165, 1.54) is 6.42 Å². The molecular weight excluding hydrogens is 302 g/mol. The van der Waals surface area contributed by atoms with Gasteiger partial charge >= 0.3 is 0 Å². The molecule has 1 N–H and O–H groups in total. The number of imidazole rings is 1. The number of hydrogen-bond donors (Lipinski definition) is 1. The van der Waals surface area contributed by atoms with Crippen molar-refractivity contribution in [1.82, 2.24) is 24.8 Å². The minimum Gasteiger partial charge on any atom is -0.350 e. The number of amides is 1. The van der Waals surface area contributed by atoms with E-state index in [4.69, 9.17) is 4.98 Å². The Kier molecular flexibility index (Phi) is 4.30. The molecule has 2 aliphatic rings. The van der Waals surface area contributed by atoms with Crippen molar-refractivity contribution in [2.24, 2.45) is 5.92 Å². The van der Waals surface area contributed by atoms with Gasteiger partial charge in [-0.1, -0.05) is 12.5 Å². The van der Waals surface area contributed by atoms with E-state index in [0.717, 1.165) is 56.2 Å². The van der Waals surface area contributed by atoms with E-state index in [2.05, 4.69) is 32.0 Å². The van der Waals surface area contributed by atoms with Gasteiger partial charge in [-0.2, -0.15) is 0 Å². The monoisotopic (exact) mass is 325 g/mol. The summed E-state index contributed by atoms with van der Waals surface area (Å²) in [6.45, 7) is 4.14. The first-order valence-electron chi connectivity index (χ1n) is 8.73. The van der Waals surface area contributed by atoms with Crippen LogP contribution in [-0.2, 0) is 31.0 Å². The largest absolute Gasteiger partial charge is 0.350 e. The number of rotatable bonds is 5. The van der Waals surface area contributed by atoms with E-state index >= 15 is 0 Å². The molecule has 1 aliphatic carbocycles. The van der Waals surface area contributed by atoms with Gasteiger partial charge in [0.2, 0.25) is 5.91 Å². The van der Waals surface area contributed by atoms with Gasteiger partial charge in [-0.05, 0) is 25.0 Å². The number of nitrogens with zero attached hydrogens (tertiary/aromatic N) is 4. The first-order valence-corrected chi connectivity index (χ1v) is 8.73. The van der Waals surface area contributed by atoms with Crippen LogP contribution >= 0.6 is 0 Å². The molecule has 1 fully saturated rings. The molecule has 3 heterocycles. The summed E-state index contributed by atoms with van der Waals surface area (Å²) in [5.41, 5.74) is 2.04. The molecule has 2 aromatic heterocycles. The van der Waals surface area contributed by atoms with E-state index in [1.807, 2.05) is 18.3 Å². The Morgan fingerprint density at radius 3 is 2.92 bits per heavy atom. The molecule has 0 bridgehead atoms. The highest BCUT2D eigenvalue weighted by atomic mass is 16.1. The number of pyridine rings is 1. The van der Waals surface area contributed by atoms with Crippen LogP contribution in [0.3, 0.4) is 0 Å². The molecule has 0 atom stereocenters. The maximum atomic E-state index is 11.9. The SMILES string of the molecule is O=C(NCc1cn2c(n1)CN(Cc1ccccn1)CC2)C1CCC1. The molecule has 126 valence electrons. The standard InChI is InChI=1S/C18H23N5O/c24-18(14-4-3-5-14)20-10-16-12-23-9-8-22(13-17(23)21-16)11-15-6-1-2-7-19-15/h1-2,6-7,12,14H,3-5,8-11,13H2,(H,20,24). The van der Waals surface area contributed by atoms with E-state index in [0.29, 0.717) is 6.54 Å². The second kappa shape index (κ2) is 6.73. The third-order valence-electron chi connectivity index (χ3n) is 4.96. The smallest absolute Gasteiger partial charge is 0.223 e. The van der Waals surface area contributed by atoms with Crippen LogP contribution in [0.2, 0.25) is 0 Å². The lowest BCUT2D eigenvalue weighted by molar-refractivity contribution is -0.127. The summed E-state index contributed by atoms with van der Waals surface area (Å²) in [6.07, 6.45) is 7.17. The van der Waals surface area contributed by atoms with Crippen LogP contribution in [0, 0.1) is 5.92 Å². The highest BCUT2D eigenvalue weighted by molar-refractivity contribution is 5.79. The number of hydrogen-bond acceptors (Lipinski definition) is 4. The summed E-state index contributed by atoms with van der Waals surface area (Å²) < 4.78 is 2.21. The maximum Gasteiger partial charge on any atom is 0.223 e. The fourth-order valence-electron chi connectivity index (χ4n) is 3.29. The minimum absolute atomic E-state index is 0.184. The number of carbonyl (C=O) groups is 1. The summed E-state index contributed by atoms with van der Waals surface area (Å²) in [5.74, 6) is 1.49. The molecule has 24 heavy (non-hydrogen) atoms. The van der Waals surface area contributed by atoms with Crippen LogP contribution in [0.1, 0.15) is 36.5 Å². The lowest BCUT2D eigenvalue weighted by Gasteiger charge is -2.27. The van der Waals surface area contributed by atoms with Crippen molar-refractivity contribution >= 4 is 5.91 Å². The Labute approximate surface area is 141 Å². The Bertz CT molecular complexity index is 707. The maximum absolute atomic E-state index is 11.9. The predicted molar refractivity (Wildman–Crippen MR) is 89.8 cm³/mol. The Balaban J connectivity index is 1.34. The zero-order valence-corrected chi connectivity index (χ0v) is 13.8. The quantitative estimate of drug-likeness (QED) is 0.909. The molecule has 6 nitrogen and oxygen atoms in total. The molecule has 2 aromatic rings. The number of carbonyl (C=O) groups excluding carboxylic acids is 1. The summed E-state index contributed by atoms with van der Waals surface area (Å²) in [6, 6.07) is 6.02. The molecule has 0 radical (unpaired) electrons. The van der Waals surface area contributed by atoms with Crippen molar-refractivity contribution in [3.8, 4) is 0 Å². The van der Waals surface area contributed by atoms with E-state index in [-0.39, 0.29) is 11.8 Å². The zero-order valence-electron chi connectivity index (χ0n) is 13.8. The molecule has 0 spiro atoms. The van der Waals surface area contributed by atoms with Crippen molar-refractivity contribution in [2.45, 2.75) is 45.4 Å². The fraction of sp³-hybridized carbons (Fsp3) is 0.500. The molecular formula is C18H23N5O. The molecule has 0 unspecified atom stereocenters.